The molecular formula is C10H10F3N3O2. The van der Waals surface area contributed by atoms with E-state index >= 15 is 0 Å². The summed E-state index contributed by atoms with van der Waals surface area (Å²) in [5.41, 5.74) is 0.390. The number of halogens is 3. The highest BCUT2D eigenvalue weighted by molar-refractivity contribution is 5.85. The third-order valence-electron chi connectivity index (χ3n) is 1.83. The molecule has 5 nitrogen and oxygen atoms in total. The second-order valence-corrected chi connectivity index (χ2v) is 3.46. The molecule has 1 heterocycles. The fourth-order valence-corrected chi connectivity index (χ4v) is 1.12. The van der Waals surface area contributed by atoms with Crippen molar-refractivity contribution in [2.75, 3.05) is 18.5 Å². The van der Waals surface area contributed by atoms with Crippen LogP contribution in [0.15, 0.2) is 18.5 Å². The standard InChI is InChI=1S/C10H10F3N3O2/c1-16(6-10(11,12)13)9-14-4-7(5-15-9)2-3-8(17)18/h2-5H,6H2,1H3,(H,17,18)/b3-2+. The van der Waals surface area contributed by atoms with E-state index in [4.69, 9.17) is 5.11 Å². The predicted molar refractivity (Wildman–Crippen MR) is 58.0 cm³/mol. The van der Waals surface area contributed by atoms with Crippen molar-refractivity contribution in [3.8, 4) is 0 Å². The van der Waals surface area contributed by atoms with E-state index in [2.05, 4.69) is 9.97 Å². The van der Waals surface area contributed by atoms with Crippen LogP contribution in [0.5, 0.6) is 0 Å². The Hall–Kier alpha value is -2.12. The first-order valence-electron chi connectivity index (χ1n) is 4.79. The van der Waals surface area contributed by atoms with Crippen molar-refractivity contribution in [2.24, 2.45) is 0 Å². The summed E-state index contributed by atoms with van der Waals surface area (Å²) in [6.07, 6.45) is 0.289. The molecule has 1 N–H and O–H groups in total. The Balaban J connectivity index is 2.73. The molecule has 0 fully saturated rings. The van der Waals surface area contributed by atoms with Gasteiger partial charge in [-0.05, 0) is 6.08 Å². The smallest absolute Gasteiger partial charge is 0.406 e. The number of carboxylic acid groups (broad SMARTS) is 1. The highest BCUT2D eigenvalue weighted by Gasteiger charge is 2.30. The van der Waals surface area contributed by atoms with Crippen LogP contribution in [0.3, 0.4) is 0 Å². The molecule has 0 aromatic carbocycles. The SMILES string of the molecule is CN(CC(F)(F)F)c1ncc(/C=C/C(=O)O)cn1. The fourth-order valence-electron chi connectivity index (χ4n) is 1.12. The Morgan fingerprint density at radius 2 is 2.00 bits per heavy atom. The summed E-state index contributed by atoms with van der Waals surface area (Å²) in [6.45, 7) is -1.16. The van der Waals surface area contributed by atoms with Gasteiger partial charge in [-0.2, -0.15) is 13.2 Å². The molecule has 8 heteroatoms. The van der Waals surface area contributed by atoms with Gasteiger partial charge in [0.2, 0.25) is 5.95 Å². The second kappa shape index (κ2) is 5.48. The number of anilines is 1. The molecule has 0 spiro atoms. The van der Waals surface area contributed by atoms with Crippen LogP contribution in [0.25, 0.3) is 6.08 Å². The molecule has 0 bridgehead atoms. The normalized spacial score (nSPS) is 11.8. The minimum absolute atomic E-state index is 0.0835. The molecule has 0 aliphatic heterocycles. The van der Waals surface area contributed by atoms with Gasteiger partial charge in [-0.3, -0.25) is 0 Å². The van der Waals surface area contributed by atoms with Gasteiger partial charge in [0.15, 0.2) is 0 Å². The molecule has 98 valence electrons. The molecule has 0 saturated carbocycles. The molecule has 0 aliphatic carbocycles. The van der Waals surface area contributed by atoms with Crippen molar-refractivity contribution >= 4 is 18.0 Å². The molecule has 0 radical (unpaired) electrons. The summed E-state index contributed by atoms with van der Waals surface area (Å²) in [5, 5.41) is 8.38. The van der Waals surface area contributed by atoms with Crippen LogP contribution < -0.4 is 4.90 Å². The first kappa shape index (κ1) is 13.9. The summed E-state index contributed by atoms with van der Waals surface area (Å²) >= 11 is 0. The average molecular weight is 261 g/mol. The van der Waals surface area contributed by atoms with E-state index in [-0.39, 0.29) is 5.95 Å². The van der Waals surface area contributed by atoms with Crippen molar-refractivity contribution in [1.82, 2.24) is 9.97 Å². The summed E-state index contributed by atoms with van der Waals surface area (Å²) in [5.74, 6) is -1.21. The number of alkyl halides is 3. The maximum atomic E-state index is 12.1. The number of rotatable bonds is 4. The lowest BCUT2D eigenvalue weighted by Gasteiger charge is -2.18. The molecule has 18 heavy (non-hydrogen) atoms. The highest BCUT2D eigenvalue weighted by atomic mass is 19.4. The summed E-state index contributed by atoms with van der Waals surface area (Å²) in [7, 11) is 1.22. The molecule has 0 unspecified atom stereocenters. The van der Waals surface area contributed by atoms with E-state index in [1.807, 2.05) is 0 Å². The number of aromatic nitrogens is 2. The van der Waals surface area contributed by atoms with Crippen molar-refractivity contribution < 1.29 is 23.1 Å². The third kappa shape index (κ3) is 4.81. The molecule has 0 atom stereocenters. The maximum absolute atomic E-state index is 12.1. The van der Waals surface area contributed by atoms with E-state index in [0.29, 0.717) is 5.56 Å². The van der Waals surface area contributed by atoms with Crippen LogP contribution in [0, 0.1) is 0 Å². The van der Waals surface area contributed by atoms with Crippen molar-refractivity contribution in [1.29, 1.82) is 0 Å². The number of hydrogen-bond acceptors (Lipinski definition) is 4. The van der Waals surface area contributed by atoms with Crippen LogP contribution in [0.4, 0.5) is 19.1 Å². The van der Waals surface area contributed by atoms with Gasteiger partial charge in [0.25, 0.3) is 0 Å². The lowest BCUT2D eigenvalue weighted by molar-refractivity contribution is -0.131. The van der Waals surface area contributed by atoms with Crippen molar-refractivity contribution in [3.05, 3.63) is 24.0 Å². The Bertz CT molecular complexity index is 443. The minimum Gasteiger partial charge on any atom is -0.478 e. The van der Waals surface area contributed by atoms with Crippen LogP contribution >= 0.6 is 0 Å². The fraction of sp³-hybridized carbons (Fsp3) is 0.300. The number of carbonyl (C=O) groups is 1. The first-order chi connectivity index (χ1) is 8.28. The zero-order chi connectivity index (χ0) is 13.8. The highest BCUT2D eigenvalue weighted by Crippen LogP contribution is 2.18. The third-order valence-corrected chi connectivity index (χ3v) is 1.83. The Morgan fingerprint density at radius 1 is 1.44 bits per heavy atom. The number of hydrogen-bond donors (Lipinski definition) is 1. The van der Waals surface area contributed by atoms with Gasteiger partial charge in [-0.25, -0.2) is 14.8 Å². The molecular weight excluding hydrogens is 251 g/mol. The Morgan fingerprint density at radius 3 is 2.44 bits per heavy atom. The summed E-state index contributed by atoms with van der Waals surface area (Å²) in [4.78, 5) is 18.5. The quantitative estimate of drug-likeness (QED) is 0.833. The average Bonchev–Trinajstić information content (AvgIpc) is 2.24. The first-order valence-corrected chi connectivity index (χ1v) is 4.79. The van der Waals surface area contributed by atoms with Crippen LogP contribution in [-0.4, -0.2) is 40.8 Å². The molecule has 1 aromatic rings. The molecule has 1 rings (SSSR count). The van der Waals surface area contributed by atoms with Crippen molar-refractivity contribution in [3.63, 3.8) is 0 Å². The second-order valence-electron chi connectivity index (χ2n) is 3.46. The topological polar surface area (TPSA) is 66.3 Å². The number of carboxylic acids is 1. The van der Waals surface area contributed by atoms with Gasteiger partial charge >= 0.3 is 12.1 Å². The van der Waals surface area contributed by atoms with Gasteiger partial charge in [0.05, 0.1) is 0 Å². The number of aliphatic carboxylic acids is 1. The van der Waals surface area contributed by atoms with E-state index in [1.54, 1.807) is 0 Å². The van der Waals surface area contributed by atoms with Crippen LogP contribution in [-0.2, 0) is 4.79 Å². The summed E-state index contributed by atoms with van der Waals surface area (Å²) < 4.78 is 36.3. The van der Waals surface area contributed by atoms with E-state index < -0.39 is 18.7 Å². The van der Waals surface area contributed by atoms with Gasteiger partial charge < -0.3 is 10.0 Å². The lowest BCUT2D eigenvalue weighted by Crippen LogP contribution is -2.32. The van der Waals surface area contributed by atoms with Crippen molar-refractivity contribution in [2.45, 2.75) is 6.18 Å². The van der Waals surface area contributed by atoms with Crippen LogP contribution in [0.2, 0.25) is 0 Å². The van der Waals surface area contributed by atoms with Crippen LogP contribution in [0.1, 0.15) is 5.56 Å². The lowest BCUT2D eigenvalue weighted by atomic mass is 10.3. The van der Waals surface area contributed by atoms with Gasteiger partial charge in [0.1, 0.15) is 6.54 Å². The number of nitrogens with zero attached hydrogens (tertiary/aromatic N) is 3. The zero-order valence-corrected chi connectivity index (χ0v) is 9.35. The predicted octanol–water partition coefficient (Wildman–Crippen LogP) is 1.57. The Kier molecular flexibility index (Phi) is 4.24. The maximum Gasteiger partial charge on any atom is 0.406 e. The minimum atomic E-state index is -4.33. The monoisotopic (exact) mass is 261 g/mol. The van der Waals surface area contributed by atoms with Gasteiger partial charge in [-0.1, -0.05) is 0 Å². The molecule has 0 aliphatic rings. The molecule has 1 aromatic heterocycles. The largest absolute Gasteiger partial charge is 0.478 e. The van der Waals surface area contributed by atoms with Gasteiger partial charge in [0, 0.05) is 31.1 Å². The molecule has 0 amide bonds. The van der Waals surface area contributed by atoms with E-state index in [0.717, 1.165) is 11.0 Å². The van der Waals surface area contributed by atoms with E-state index in [1.165, 1.54) is 25.5 Å². The Labute approximate surface area is 101 Å². The summed E-state index contributed by atoms with van der Waals surface area (Å²) in [6, 6.07) is 0. The van der Waals surface area contributed by atoms with E-state index in [9.17, 15) is 18.0 Å². The van der Waals surface area contributed by atoms with Gasteiger partial charge in [-0.15, -0.1) is 0 Å². The molecule has 0 saturated heterocycles. The zero-order valence-electron chi connectivity index (χ0n) is 9.35.